The molecule has 22 heavy (non-hydrogen) atoms. The summed E-state index contributed by atoms with van der Waals surface area (Å²) in [5, 5.41) is 6.07. The van der Waals surface area contributed by atoms with Crippen molar-refractivity contribution in [3.05, 3.63) is 12.1 Å². The average molecular weight is 310 g/mol. The number of methoxy groups -OCH3 is 3. The van der Waals surface area contributed by atoms with Crippen molar-refractivity contribution in [3.8, 4) is 17.2 Å². The number of carbonyl (C=O) groups excluding carboxylic acids is 1. The van der Waals surface area contributed by atoms with E-state index in [-0.39, 0.29) is 5.91 Å². The van der Waals surface area contributed by atoms with Gasteiger partial charge in [-0.3, -0.25) is 4.79 Å². The number of hydrogen-bond donors (Lipinski definition) is 2. The number of anilines is 1. The Morgan fingerprint density at radius 2 is 1.68 bits per heavy atom. The van der Waals surface area contributed by atoms with E-state index in [0.717, 1.165) is 6.54 Å². The van der Waals surface area contributed by atoms with E-state index in [1.807, 2.05) is 0 Å². The van der Waals surface area contributed by atoms with Crippen molar-refractivity contribution >= 4 is 11.6 Å². The Labute approximate surface area is 132 Å². The van der Waals surface area contributed by atoms with Gasteiger partial charge >= 0.3 is 0 Å². The monoisotopic (exact) mass is 310 g/mol. The first-order chi connectivity index (χ1) is 10.5. The standard InChI is InChI=1S/C16H26N2O4/c1-11(2)10-17-7-6-15(19)18-12-8-13(20-3)16(22-5)14(9-12)21-4/h8-9,11,17H,6-7,10H2,1-5H3,(H,18,19). The lowest BCUT2D eigenvalue weighted by atomic mass is 10.2. The van der Waals surface area contributed by atoms with Gasteiger partial charge in [-0.1, -0.05) is 13.8 Å². The van der Waals surface area contributed by atoms with Crippen molar-refractivity contribution in [1.29, 1.82) is 0 Å². The van der Waals surface area contributed by atoms with Gasteiger partial charge in [0.05, 0.1) is 21.3 Å². The van der Waals surface area contributed by atoms with E-state index in [0.29, 0.717) is 41.8 Å². The number of ether oxygens (including phenoxy) is 3. The number of nitrogens with one attached hydrogen (secondary N) is 2. The Kier molecular flexibility index (Phi) is 7.52. The second-order valence-corrected chi connectivity index (χ2v) is 5.31. The number of benzene rings is 1. The van der Waals surface area contributed by atoms with Crippen LogP contribution in [0.2, 0.25) is 0 Å². The van der Waals surface area contributed by atoms with Crippen molar-refractivity contribution in [2.75, 3.05) is 39.7 Å². The summed E-state index contributed by atoms with van der Waals surface area (Å²) >= 11 is 0. The van der Waals surface area contributed by atoms with E-state index in [4.69, 9.17) is 14.2 Å². The highest BCUT2D eigenvalue weighted by atomic mass is 16.5. The van der Waals surface area contributed by atoms with Crippen LogP contribution in [0.15, 0.2) is 12.1 Å². The maximum absolute atomic E-state index is 11.9. The van der Waals surface area contributed by atoms with Crippen LogP contribution in [0.4, 0.5) is 5.69 Å². The third-order valence-electron chi connectivity index (χ3n) is 3.03. The molecule has 0 aromatic heterocycles. The highest BCUT2D eigenvalue weighted by molar-refractivity contribution is 5.91. The fourth-order valence-electron chi connectivity index (χ4n) is 1.97. The quantitative estimate of drug-likeness (QED) is 0.685. The minimum atomic E-state index is -0.0643. The van der Waals surface area contributed by atoms with E-state index >= 15 is 0 Å². The number of rotatable bonds is 9. The molecule has 0 radical (unpaired) electrons. The van der Waals surface area contributed by atoms with Crippen LogP contribution in [0.5, 0.6) is 17.2 Å². The maximum Gasteiger partial charge on any atom is 0.225 e. The highest BCUT2D eigenvalue weighted by Gasteiger charge is 2.14. The number of amides is 1. The van der Waals surface area contributed by atoms with Crippen LogP contribution in [0, 0.1) is 5.92 Å². The molecule has 0 bridgehead atoms. The second kappa shape index (κ2) is 9.15. The van der Waals surface area contributed by atoms with Gasteiger partial charge in [-0.05, 0) is 12.5 Å². The smallest absolute Gasteiger partial charge is 0.225 e. The van der Waals surface area contributed by atoms with E-state index in [9.17, 15) is 4.79 Å². The molecule has 0 saturated heterocycles. The van der Waals surface area contributed by atoms with Crippen molar-refractivity contribution in [1.82, 2.24) is 5.32 Å². The molecule has 0 atom stereocenters. The molecule has 6 heteroatoms. The second-order valence-electron chi connectivity index (χ2n) is 5.31. The Balaban J connectivity index is 2.66. The average Bonchev–Trinajstić information content (AvgIpc) is 2.50. The van der Waals surface area contributed by atoms with Crippen LogP contribution >= 0.6 is 0 Å². The molecule has 124 valence electrons. The Hall–Kier alpha value is -1.95. The van der Waals surface area contributed by atoms with Crippen molar-refractivity contribution in [3.63, 3.8) is 0 Å². The first-order valence-corrected chi connectivity index (χ1v) is 7.32. The Bertz CT molecular complexity index is 464. The van der Waals surface area contributed by atoms with Gasteiger partial charge in [0.1, 0.15) is 0 Å². The molecule has 0 fully saturated rings. The molecule has 0 aliphatic rings. The molecule has 2 N–H and O–H groups in total. The first-order valence-electron chi connectivity index (χ1n) is 7.32. The molecule has 0 aliphatic heterocycles. The molecule has 0 unspecified atom stereocenters. The summed E-state index contributed by atoms with van der Waals surface area (Å²) < 4.78 is 15.8. The van der Waals surface area contributed by atoms with Gasteiger partial charge in [0.15, 0.2) is 11.5 Å². The van der Waals surface area contributed by atoms with Crippen LogP contribution < -0.4 is 24.8 Å². The lowest BCUT2D eigenvalue weighted by Gasteiger charge is -2.14. The van der Waals surface area contributed by atoms with Crippen LogP contribution in [0.3, 0.4) is 0 Å². The van der Waals surface area contributed by atoms with E-state index in [1.165, 1.54) is 0 Å². The molecule has 0 heterocycles. The molecule has 1 rings (SSSR count). The number of carbonyl (C=O) groups is 1. The van der Waals surface area contributed by atoms with Crippen LogP contribution in [-0.4, -0.2) is 40.3 Å². The third kappa shape index (κ3) is 5.44. The zero-order valence-electron chi connectivity index (χ0n) is 14.0. The lowest BCUT2D eigenvalue weighted by Crippen LogP contribution is -2.24. The predicted molar refractivity (Wildman–Crippen MR) is 87.1 cm³/mol. The van der Waals surface area contributed by atoms with Gasteiger partial charge in [0, 0.05) is 30.8 Å². The summed E-state index contributed by atoms with van der Waals surface area (Å²) in [6.07, 6.45) is 0.406. The van der Waals surface area contributed by atoms with Crippen molar-refractivity contribution < 1.29 is 19.0 Å². The first kappa shape index (κ1) is 18.1. The van der Waals surface area contributed by atoms with Gasteiger partial charge in [0.25, 0.3) is 0 Å². The van der Waals surface area contributed by atoms with Gasteiger partial charge < -0.3 is 24.8 Å². The van der Waals surface area contributed by atoms with Gasteiger partial charge in [-0.25, -0.2) is 0 Å². The summed E-state index contributed by atoms with van der Waals surface area (Å²) in [7, 11) is 4.62. The molecule has 6 nitrogen and oxygen atoms in total. The lowest BCUT2D eigenvalue weighted by molar-refractivity contribution is -0.116. The van der Waals surface area contributed by atoms with Gasteiger partial charge in [0.2, 0.25) is 11.7 Å². The van der Waals surface area contributed by atoms with Gasteiger partial charge in [-0.15, -0.1) is 0 Å². The van der Waals surface area contributed by atoms with Crippen molar-refractivity contribution in [2.24, 2.45) is 5.92 Å². The molecule has 1 aromatic rings. The zero-order valence-corrected chi connectivity index (χ0v) is 14.0. The normalized spacial score (nSPS) is 10.5. The summed E-state index contributed by atoms with van der Waals surface area (Å²) in [6.45, 7) is 5.80. The molecule has 1 aromatic carbocycles. The minimum absolute atomic E-state index is 0.0643. The van der Waals surface area contributed by atoms with Crippen molar-refractivity contribution in [2.45, 2.75) is 20.3 Å². The predicted octanol–water partition coefficient (Wildman–Crippen LogP) is 2.29. The van der Waals surface area contributed by atoms with Crippen LogP contribution in [0.25, 0.3) is 0 Å². The summed E-state index contributed by atoms with van der Waals surface area (Å²) in [5.74, 6) is 2.02. The van der Waals surface area contributed by atoms with Crippen LogP contribution in [0.1, 0.15) is 20.3 Å². The molecule has 0 spiro atoms. The Morgan fingerprint density at radius 1 is 1.09 bits per heavy atom. The fourth-order valence-corrected chi connectivity index (χ4v) is 1.97. The fraction of sp³-hybridized carbons (Fsp3) is 0.562. The summed E-state index contributed by atoms with van der Waals surface area (Å²) in [5.41, 5.74) is 0.614. The third-order valence-corrected chi connectivity index (χ3v) is 3.03. The molecular weight excluding hydrogens is 284 g/mol. The van der Waals surface area contributed by atoms with E-state index < -0.39 is 0 Å². The molecule has 0 saturated carbocycles. The summed E-state index contributed by atoms with van der Waals surface area (Å²) in [4.78, 5) is 11.9. The SMILES string of the molecule is COc1cc(NC(=O)CCNCC(C)C)cc(OC)c1OC. The highest BCUT2D eigenvalue weighted by Crippen LogP contribution is 2.39. The van der Waals surface area contributed by atoms with E-state index in [1.54, 1.807) is 33.5 Å². The molecule has 1 amide bonds. The summed E-state index contributed by atoms with van der Waals surface area (Å²) in [6, 6.07) is 3.42. The van der Waals surface area contributed by atoms with Crippen LogP contribution in [-0.2, 0) is 4.79 Å². The maximum atomic E-state index is 11.9. The number of hydrogen-bond acceptors (Lipinski definition) is 5. The Morgan fingerprint density at radius 3 is 2.14 bits per heavy atom. The largest absolute Gasteiger partial charge is 0.493 e. The van der Waals surface area contributed by atoms with E-state index in [2.05, 4.69) is 24.5 Å². The van der Waals surface area contributed by atoms with Gasteiger partial charge in [-0.2, -0.15) is 0 Å². The molecule has 0 aliphatic carbocycles. The topological polar surface area (TPSA) is 68.8 Å². The zero-order chi connectivity index (χ0) is 16.5. The minimum Gasteiger partial charge on any atom is -0.493 e. The molecular formula is C16H26N2O4.